The topological polar surface area (TPSA) is 64.6 Å². The Morgan fingerprint density at radius 1 is 1.07 bits per heavy atom. The summed E-state index contributed by atoms with van der Waals surface area (Å²) in [4.78, 5) is 14.4. The smallest absolute Gasteiger partial charge is 0.315 e. The number of hydrogen-bond acceptors (Lipinski definition) is 3. The van der Waals surface area contributed by atoms with Crippen molar-refractivity contribution in [2.24, 2.45) is 0 Å². The maximum atomic E-state index is 12.2. The van der Waals surface area contributed by atoms with Gasteiger partial charge in [0, 0.05) is 19.6 Å². The van der Waals surface area contributed by atoms with E-state index in [2.05, 4.69) is 39.8 Å². The van der Waals surface area contributed by atoms with E-state index < -0.39 is 5.60 Å². The molecule has 1 atom stereocenters. The molecule has 1 saturated heterocycles. The number of carbonyl (C=O) groups is 1. The maximum absolute atomic E-state index is 12.2. The van der Waals surface area contributed by atoms with Crippen LogP contribution in [0.2, 0.25) is 0 Å². The van der Waals surface area contributed by atoms with Gasteiger partial charge in [-0.1, -0.05) is 54.6 Å². The number of hydrogen-bond donors (Lipinski definition) is 3. The van der Waals surface area contributed by atoms with E-state index >= 15 is 0 Å². The second-order valence-corrected chi connectivity index (χ2v) is 7.56. The molecule has 0 spiro atoms. The molecule has 2 aromatic rings. The highest BCUT2D eigenvalue weighted by Crippen LogP contribution is 2.22. The molecule has 1 unspecified atom stereocenters. The summed E-state index contributed by atoms with van der Waals surface area (Å²) in [5.74, 6) is 0. The first-order chi connectivity index (χ1) is 13.0. The highest BCUT2D eigenvalue weighted by Gasteiger charge is 2.31. The largest absolute Gasteiger partial charge is 0.388 e. The Labute approximate surface area is 161 Å². The Bertz CT molecular complexity index is 738. The number of amides is 2. The van der Waals surface area contributed by atoms with Gasteiger partial charge in [0.15, 0.2) is 0 Å². The average molecular weight is 367 g/mol. The van der Waals surface area contributed by atoms with Crippen LogP contribution >= 0.6 is 0 Å². The number of piperidine rings is 1. The molecular formula is C22H29N3O2. The molecule has 0 bridgehead atoms. The van der Waals surface area contributed by atoms with Gasteiger partial charge >= 0.3 is 6.03 Å². The molecule has 1 aliphatic rings. The zero-order valence-electron chi connectivity index (χ0n) is 16.1. The van der Waals surface area contributed by atoms with Crippen molar-refractivity contribution < 1.29 is 9.90 Å². The van der Waals surface area contributed by atoms with Crippen LogP contribution < -0.4 is 10.6 Å². The molecule has 5 nitrogen and oxygen atoms in total. The van der Waals surface area contributed by atoms with Gasteiger partial charge in [0.2, 0.25) is 0 Å². The molecule has 1 heterocycles. The van der Waals surface area contributed by atoms with Gasteiger partial charge in [-0.15, -0.1) is 0 Å². The summed E-state index contributed by atoms with van der Waals surface area (Å²) < 4.78 is 0. The monoisotopic (exact) mass is 367 g/mol. The van der Waals surface area contributed by atoms with Crippen molar-refractivity contribution in [3.05, 3.63) is 60.2 Å². The van der Waals surface area contributed by atoms with Crippen LogP contribution in [0.5, 0.6) is 0 Å². The first kappa shape index (κ1) is 19.4. The van der Waals surface area contributed by atoms with E-state index in [0.29, 0.717) is 12.8 Å². The lowest BCUT2D eigenvalue weighted by atomic mass is 9.92. The first-order valence-corrected chi connectivity index (χ1v) is 9.56. The second-order valence-electron chi connectivity index (χ2n) is 7.56. The molecule has 3 rings (SSSR count). The Balaban J connectivity index is 1.51. The van der Waals surface area contributed by atoms with Crippen LogP contribution in [0.15, 0.2) is 54.6 Å². The van der Waals surface area contributed by atoms with E-state index in [4.69, 9.17) is 0 Å². The van der Waals surface area contributed by atoms with Crippen LogP contribution in [-0.4, -0.2) is 48.3 Å². The Hall–Kier alpha value is -2.37. The zero-order valence-corrected chi connectivity index (χ0v) is 16.1. The van der Waals surface area contributed by atoms with Crippen LogP contribution in [0.4, 0.5) is 4.79 Å². The van der Waals surface area contributed by atoms with Crippen molar-refractivity contribution >= 4 is 6.03 Å². The van der Waals surface area contributed by atoms with Crippen LogP contribution in [0.25, 0.3) is 11.1 Å². The normalized spacial score (nSPS) is 17.9. The molecule has 27 heavy (non-hydrogen) atoms. The van der Waals surface area contributed by atoms with Gasteiger partial charge in [-0.3, -0.25) is 0 Å². The van der Waals surface area contributed by atoms with Crippen molar-refractivity contribution in [1.82, 2.24) is 15.5 Å². The highest BCUT2D eigenvalue weighted by atomic mass is 16.3. The lowest BCUT2D eigenvalue weighted by Gasteiger charge is -2.36. The fourth-order valence-corrected chi connectivity index (χ4v) is 3.38. The number of aliphatic hydroxyl groups is 1. The van der Waals surface area contributed by atoms with Gasteiger partial charge in [0.25, 0.3) is 0 Å². The molecule has 3 N–H and O–H groups in total. The van der Waals surface area contributed by atoms with Crippen LogP contribution in [0, 0.1) is 0 Å². The Morgan fingerprint density at radius 2 is 1.67 bits per heavy atom. The van der Waals surface area contributed by atoms with E-state index in [9.17, 15) is 9.90 Å². The van der Waals surface area contributed by atoms with Gasteiger partial charge in [-0.2, -0.15) is 0 Å². The predicted octanol–water partition coefficient (Wildman–Crippen LogP) is 3.17. The molecule has 0 aliphatic carbocycles. The third-order valence-electron chi connectivity index (χ3n) is 5.36. The average Bonchev–Trinajstić information content (AvgIpc) is 2.70. The minimum absolute atomic E-state index is 0.109. The minimum atomic E-state index is -0.801. The molecule has 0 aromatic heterocycles. The molecule has 2 aromatic carbocycles. The highest BCUT2D eigenvalue weighted by molar-refractivity contribution is 5.74. The second kappa shape index (κ2) is 8.55. The molecule has 2 amide bonds. The van der Waals surface area contributed by atoms with Crippen LogP contribution in [0.1, 0.15) is 31.4 Å². The summed E-state index contributed by atoms with van der Waals surface area (Å²) in [6.45, 7) is 3.95. The van der Waals surface area contributed by atoms with Gasteiger partial charge in [0.1, 0.15) is 0 Å². The van der Waals surface area contributed by atoms with E-state index in [1.54, 1.807) is 0 Å². The summed E-state index contributed by atoms with van der Waals surface area (Å²) in [5.41, 5.74) is 2.57. The van der Waals surface area contributed by atoms with E-state index in [1.807, 2.05) is 44.3 Å². The number of carbonyl (C=O) groups excluding carboxylic acids is 1. The molecule has 1 fully saturated rings. The molecule has 0 saturated carbocycles. The van der Waals surface area contributed by atoms with Crippen molar-refractivity contribution in [2.75, 3.05) is 26.7 Å². The van der Waals surface area contributed by atoms with Crippen molar-refractivity contribution in [2.45, 2.75) is 31.4 Å². The van der Waals surface area contributed by atoms with Crippen molar-refractivity contribution in [3.63, 3.8) is 0 Å². The van der Waals surface area contributed by atoms with E-state index in [0.717, 1.165) is 24.2 Å². The lowest BCUT2D eigenvalue weighted by Crippen LogP contribution is -2.51. The van der Waals surface area contributed by atoms with Crippen LogP contribution in [0.3, 0.4) is 0 Å². The number of urea groups is 1. The Morgan fingerprint density at radius 3 is 2.30 bits per heavy atom. The molecule has 5 heteroatoms. The summed E-state index contributed by atoms with van der Waals surface area (Å²) >= 11 is 0. The number of rotatable bonds is 5. The van der Waals surface area contributed by atoms with Crippen LogP contribution in [-0.2, 0) is 0 Å². The third-order valence-corrected chi connectivity index (χ3v) is 5.36. The summed E-state index contributed by atoms with van der Waals surface area (Å²) in [5, 5.41) is 16.3. The zero-order chi connectivity index (χ0) is 19.3. The number of benzene rings is 2. The van der Waals surface area contributed by atoms with E-state index in [-0.39, 0.29) is 18.6 Å². The number of likely N-dealkylation sites (tertiary alicyclic amines) is 1. The summed E-state index contributed by atoms with van der Waals surface area (Å²) in [6.07, 6.45) is 1.36. The molecule has 144 valence electrons. The first-order valence-electron chi connectivity index (χ1n) is 9.56. The molecule has 0 radical (unpaired) electrons. The third kappa shape index (κ3) is 5.31. The fourth-order valence-electron chi connectivity index (χ4n) is 3.38. The molecule has 1 aliphatic heterocycles. The van der Waals surface area contributed by atoms with Gasteiger partial charge in [-0.05, 0) is 43.5 Å². The number of nitrogens with one attached hydrogen (secondary N) is 2. The fraction of sp³-hybridized carbons (Fsp3) is 0.409. The van der Waals surface area contributed by atoms with Crippen molar-refractivity contribution in [3.8, 4) is 11.1 Å². The minimum Gasteiger partial charge on any atom is -0.388 e. The lowest BCUT2D eigenvalue weighted by molar-refractivity contribution is -0.0123. The maximum Gasteiger partial charge on any atom is 0.315 e. The SMILES string of the molecule is CC(NC(=O)NCC1(O)CCN(C)CC1)c1ccc(-c2ccccc2)cc1. The van der Waals surface area contributed by atoms with Crippen molar-refractivity contribution in [1.29, 1.82) is 0 Å². The quantitative estimate of drug-likeness (QED) is 0.761. The predicted molar refractivity (Wildman–Crippen MR) is 109 cm³/mol. The molecular weight excluding hydrogens is 338 g/mol. The standard InChI is InChI=1S/C22H29N3O2/c1-17(18-8-10-20(11-9-18)19-6-4-3-5-7-19)24-21(26)23-16-22(27)12-14-25(2)15-13-22/h3-11,17,27H,12-16H2,1-2H3,(H2,23,24,26). The van der Waals surface area contributed by atoms with Gasteiger partial charge < -0.3 is 20.6 Å². The Kier molecular flexibility index (Phi) is 6.14. The van der Waals surface area contributed by atoms with E-state index in [1.165, 1.54) is 5.56 Å². The summed E-state index contributed by atoms with van der Waals surface area (Å²) in [7, 11) is 2.05. The number of nitrogens with zero attached hydrogens (tertiary/aromatic N) is 1. The van der Waals surface area contributed by atoms with Gasteiger partial charge in [0.05, 0.1) is 11.6 Å². The summed E-state index contributed by atoms with van der Waals surface area (Å²) in [6, 6.07) is 18.1. The van der Waals surface area contributed by atoms with Gasteiger partial charge in [-0.25, -0.2) is 4.79 Å².